The van der Waals surface area contributed by atoms with E-state index in [-0.39, 0.29) is 15.7 Å². The van der Waals surface area contributed by atoms with Gasteiger partial charge in [0, 0.05) is 11.4 Å². The molecule has 1 aromatic heterocycles. The van der Waals surface area contributed by atoms with Gasteiger partial charge in [0.05, 0.1) is 22.0 Å². The molecule has 0 aliphatic rings. The van der Waals surface area contributed by atoms with Gasteiger partial charge in [-0.2, -0.15) is 0 Å². The molecule has 3 N–H and O–H groups in total. The molecule has 0 radical (unpaired) electrons. The predicted octanol–water partition coefficient (Wildman–Crippen LogP) is 3.87. The largest absolute Gasteiger partial charge is 0.389 e. The second kappa shape index (κ2) is 5.73. The molecule has 0 fully saturated rings. The Kier molecular flexibility index (Phi) is 4.20. The van der Waals surface area contributed by atoms with Gasteiger partial charge in [0.1, 0.15) is 4.99 Å². The number of benzene rings is 1. The van der Waals surface area contributed by atoms with Crippen molar-refractivity contribution in [2.45, 2.75) is 13.8 Å². The summed E-state index contributed by atoms with van der Waals surface area (Å²) in [4.78, 5) is 4.52. The molecule has 0 saturated heterocycles. The molecule has 0 unspecified atom stereocenters. The van der Waals surface area contributed by atoms with Gasteiger partial charge in [0.15, 0.2) is 5.82 Å². The third-order valence-electron chi connectivity index (χ3n) is 2.80. The van der Waals surface area contributed by atoms with Gasteiger partial charge >= 0.3 is 0 Å². The zero-order valence-electron chi connectivity index (χ0n) is 11.0. The fourth-order valence-electron chi connectivity index (χ4n) is 1.98. The maximum Gasteiger partial charge on any atom is 0.165 e. The van der Waals surface area contributed by atoms with E-state index in [9.17, 15) is 4.39 Å². The number of nitrogens with one attached hydrogen (secondary N) is 1. The van der Waals surface area contributed by atoms with Crippen LogP contribution in [-0.2, 0) is 0 Å². The standard InChI is InChI=1S/C14H13ClFN3S/c1-7-6-11(12(14(17)20)8(2)18-7)19-10-5-3-4-9(15)13(10)16/h3-6H,1-2H3,(H2,17,20)(H,18,19). The smallest absolute Gasteiger partial charge is 0.165 e. The Bertz CT molecular complexity index is 688. The first-order valence-corrected chi connectivity index (χ1v) is 6.68. The van der Waals surface area contributed by atoms with Crippen LogP contribution in [0.25, 0.3) is 0 Å². The van der Waals surface area contributed by atoms with Crippen LogP contribution in [0, 0.1) is 19.7 Å². The van der Waals surface area contributed by atoms with Gasteiger partial charge < -0.3 is 11.1 Å². The average Bonchev–Trinajstić information content (AvgIpc) is 2.33. The molecule has 6 heteroatoms. The van der Waals surface area contributed by atoms with Crippen molar-refractivity contribution in [2.24, 2.45) is 5.73 Å². The minimum absolute atomic E-state index is 0.0503. The van der Waals surface area contributed by atoms with E-state index >= 15 is 0 Å². The van der Waals surface area contributed by atoms with Gasteiger partial charge in [0.2, 0.25) is 0 Å². The molecule has 2 aromatic rings. The number of pyridine rings is 1. The maximum absolute atomic E-state index is 13.9. The van der Waals surface area contributed by atoms with Gasteiger partial charge in [-0.1, -0.05) is 29.9 Å². The van der Waals surface area contributed by atoms with Gasteiger partial charge in [-0.15, -0.1) is 0 Å². The molecule has 0 spiro atoms. The Morgan fingerprint density at radius 2 is 2.05 bits per heavy atom. The summed E-state index contributed by atoms with van der Waals surface area (Å²) in [6, 6.07) is 6.51. The van der Waals surface area contributed by atoms with E-state index in [1.807, 2.05) is 6.92 Å². The summed E-state index contributed by atoms with van der Waals surface area (Å²) < 4.78 is 13.9. The van der Waals surface area contributed by atoms with Crippen LogP contribution >= 0.6 is 23.8 Å². The molecule has 1 aromatic carbocycles. The molecule has 104 valence electrons. The van der Waals surface area contributed by atoms with E-state index in [2.05, 4.69) is 10.3 Å². The lowest BCUT2D eigenvalue weighted by molar-refractivity contribution is 0.632. The molecular weight excluding hydrogens is 297 g/mol. The Hall–Kier alpha value is -1.72. The lowest BCUT2D eigenvalue weighted by Gasteiger charge is -2.15. The Morgan fingerprint density at radius 1 is 1.35 bits per heavy atom. The number of hydrogen-bond acceptors (Lipinski definition) is 3. The van der Waals surface area contributed by atoms with E-state index in [1.165, 1.54) is 6.07 Å². The number of rotatable bonds is 3. The molecule has 0 atom stereocenters. The van der Waals surface area contributed by atoms with E-state index < -0.39 is 5.82 Å². The van der Waals surface area contributed by atoms with Gasteiger partial charge in [0.25, 0.3) is 0 Å². The van der Waals surface area contributed by atoms with Crippen LogP contribution in [0.1, 0.15) is 17.0 Å². The van der Waals surface area contributed by atoms with Crippen molar-refractivity contribution in [3.05, 3.63) is 52.1 Å². The van der Waals surface area contributed by atoms with Crippen molar-refractivity contribution < 1.29 is 4.39 Å². The van der Waals surface area contributed by atoms with Gasteiger partial charge in [-0.05, 0) is 32.0 Å². The van der Waals surface area contributed by atoms with Crippen molar-refractivity contribution in [1.82, 2.24) is 4.98 Å². The molecule has 0 bridgehead atoms. The van der Waals surface area contributed by atoms with Crippen LogP contribution in [-0.4, -0.2) is 9.97 Å². The summed E-state index contributed by atoms with van der Waals surface area (Å²) in [6.07, 6.45) is 0. The second-order valence-corrected chi connectivity index (χ2v) is 5.21. The highest BCUT2D eigenvalue weighted by Gasteiger charge is 2.13. The normalized spacial score (nSPS) is 10.4. The fraction of sp³-hybridized carbons (Fsp3) is 0.143. The van der Waals surface area contributed by atoms with Crippen molar-refractivity contribution in [1.29, 1.82) is 0 Å². The van der Waals surface area contributed by atoms with E-state index in [4.69, 9.17) is 29.6 Å². The predicted molar refractivity (Wildman–Crippen MR) is 84.3 cm³/mol. The highest BCUT2D eigenvalue weighted by molar-refractivity contribution is 7.80. The van der Waals surface area contributed by atoms with E-state index in [0.717, 1.165) is 5.69 Å². The van der Waals surface area contributed by atoms with Gasteiger partial charge in [-0.25, -0.2) is 4.39 Å². The van der Waals surface area contributed by atoms with Crippen molar-refractivity contribution in [3.63, 3.8) is 0 Å². The summed E-state index contributed by atoms with van der Waals surface area (Å²) in [7, 11) is 0. The third-order valence-corrected chi connectivity index (χ3v) is 3.29. The molecule has 3 nitrogen and oxygen atoms in total. The Morgan fingerprint density at radius 3 is 2.70 bits per heavy atom. The summed E-state index contributed by atoms with van der Waals surface area (Å²) >= 11 is 10.8. The van der Waals surface area contributed by atoms with Gasteiger partial charge in [-0.3, -0.25) is 4.98 Å². The topological polar surface area (TPSA) is 50.9 Å². The first kappa shape index (κ1) is 14.7. The highest BCUT2D eigenvalue weighted by atomic mass is 35.5. The number of anilines is 2. The summed E-state index contributed by atoms with van der Waals surface area (Å²) in [5.41, 5.74) is 8.68. The monoisotopic (exact) mass is 309 g/mol. The fourth-order valence-corrected chi connectivity index (χ4v) is 2.42. The molecular formula is C14H13ClFN3S. The molecule has 2 rings (SSSR count). The summed E-state index contributed by atoms with van der Waals surface area (Å²) in [5.74, 6) is -0.518. The summed E-state index contributed by atoms with van der Waals surface area (Å²) in [5, 5.41) is 3.03. The highest BCUT2D eigenvalue weighted by Crippen LogP contribution is 2.28. The number of hydrogen-bond donors (Lipinski definition) is 2. The number of aryl methyl sites for hydroxylation is 2. The van der Waals surface area contributed by atoms with Crippen LogP contribution < -0.4 is 11.1 Å². The SMILES string of the molecule is Cc1cc(Nc2cccc(Cl)c2F)c(C(N)=S)c(C)n1. The zero-order valence-corrected chi connectivity index (χ0v) is 12.6. The average molecular weight is 310 g/mol. The van der Waals surface area contributed by atoms with E-state index in [0.29, 0.717) is 16.9 Å². The summed E-state index contributed by atoms with van der Waals surface area (Å²) in [6.45, 7) is 3.65. The Labute approximate surface area is 127 Å². The molecule has 0 amide bonds. The molecule has 0 aliphatic heterocycles. The molecule has 20 heavy (non-hydrogen) atoms. The molecule has 1 heterocycles. The number of aromatic nitrogens is 1. The van der Waals surface area contributed by atoms with Crippen molar-refractivity contribution in [2.75, 3.05) is 5.32 Å². The van der Waals surface area contributed by atoms with Crippen LogP contribution in [0.5, 0.6) is 0 Å². The van der Waals surface area contributed by atoms with Crippen LogP contribution in [0.2, 0.25) is 5.02 Å². The minimum atomic E-state index is -0.518. The second-order valence-electron chi connectivity index (χ2n) is 4.36. The lowest BCUT2D eigenvalue weighted by atomic mass is 10.1. The van der Waals surface area contributed by atoms with E-state index in [1.54, 1.807) is 25.1 Å². The van der Waals surface area contributed by atoms with Crippen molar-refractivity contribution in [3.8, 4) is 0 Å². The van der Waals surface area contributed by atoms with Crippen LogP contribution in [0.3, 0.4) is 0 Å². The molecule has 0 saturated carbocycles. The lowest BCUT2D eigenvalue weighted by Crippen LogP contribution is -2.15. The number of nitrogens with two attached hydrogens (primary N) is 1. The Balaban J connectivity index is 2.53. The van der Waals surface area contributed by atoms with Crippen LogP contribution in [0.15, 0.2) is 24.3 Å². The minimum Gasteiger partial charge on any atom is -0.389 e. The maximum atomic E-state index is 13.9. The molecule has 0 aliphatic carbocycles. The number of thiocarbonyl (C=S) groups is 1. The first-order valence-electron chi connectivity index (χ1n) is 5.89. The number of halogens is 2. The van der Waals surface area contributed by atoms with Crippen molar-refractivity contribution >= 4 is 40.2 Å². The third kappa shape index (κ3) is 2.89. The zero-order chi connectivity index (χ0) is 14.9. The first-order chi connectivity index (χ1) is 9.40. The van der Waals surface area contributed by atoms with Crippen LogP contribution in [0.4, 0.5) is 15.8 Å². The quantitative estimate of drug-likeness (QED) is 0.845. The number of nitrogens with zero attached hydrogens (tertiary/aromatic N) is 1.